The molecule has 1 fully saturated rings. The number of thiophene rings is 1. The molecule has 0 unspecified atom stereocenters. The fourth-order valence-electron chi connectivity index (χ4n) is 2.54. The Morgan fingerprint density at radius 1 is 1.27 bits per heavy atom. The van der Waals surface area contributed by atoms with Gasteiger partial charge in [0.2, 0.25) is 5.91 Å². The number of carbonyl (C=O) groups is 1. The maximum atomic E-state index is 12.4. The molecule has 1 aliphatic rings. The van der Waals surface area contributed by atoms with Gasteiger partial charge in [0.25, 0.3) is 10.0 Å². The number of amidine groups is 1. The molecule has 0 atom stereocenters. The zero-order valence-corrected chi connectivity index (χ0v) is 15.9. The highest BCUT2D eigenvalue weighted by Gasteiger charge is 2.20. The summed E-state index contributed by atoms with van der Waals surface area (Å²) in [4.78, 5) is 14.9. The van der Waals surface area contributed by atoms with Gasteiger partial charge in [-0.1, -0.05) is 6.07 Å². The minimum Gasteiger partial charge on any atom is -0.362 e. The molecule has 1 N–H and O–H groups in total. The van der Waals surface area contributed by atoms with Gasteiger partial charge in [0.15, 0.2) is 0 Å². The number of nitrogens with zero attached hydrogens (tertiary/aromatic N) is 2. The summed E-state index contributed by atoms with van der Waals surface area (Å²) in [6.45, 7) is 0.818. The molecule has 2 heterocycles. The van der Waals surface area contributed by atoms with Crippen LogP contribution in [0.1, 0.15) is 17.7 Å². The monoisotopic (exact) mass is 389 g/mol. The Morgan fingerprint density at radius 2 is 2.04 bits per heavy atom. The predicted octanol–water partition coefficient (Wildman–Crippen LogP) is 3.21. The standard InChI is InChI=1S/C18H19N3O3S2/c1-21-12-2-5-17(21)20-26(23,24)16-9-6-14(7-10-16)19-18(22)11-8-15-4-3-13-25-15/h3-4,6-11,13H,2,5,12H2,1H3,(H,19,22)/b11-8+,20-17-. The molecular weight excluding hydrogens is 370 g/mol. The number of anilines is 1. The number of nitrogens with one attached hydrogen (secondary N) is 1. The third-order valence-electron chi connectivity index (χ3n) is 3.92. The average Bonchev–Trinajstić information content (AvgIpc) is 3.26. The molecule has 136 valence electrons. The van der Waals surface area contributed by atoms with Crippen LogP contribution in [0.4, 0.5) is 5.69 Å². The highest BCUT2D eigenvalue weighted by molar-refractivity contribution is 7.90. The highest BCUT2D eigenvalue weighted by Crippen LogP contribution is 2.19. The Bertz CT molecular complexity index is 931. The van der Waals surface area contributed by atoms with E-state index < -0.39 is 10.0 Å². The number of rotatable bonds is 5. The van der Waals surface area contributed by atoms with Crippen LogP contribution in [0, 0.1) is 0 Å². The molecule has 1 aromatic heterocycles. The van der Waals surface area contributed by atoms with Crippen molar-refractivity contribution in [2.75, 3.05) is 18.9 Å². The van der Waals surface area contributed by atoms with Crippen LogP contribution in [0.15, 0.2) is 57.1 Å². The topological polar surface area (TPSA) is 78.8 Å². The second kappa shape index (κ2) is 7.84. The average molecular weight is 390 g/mol. The Hall–Kier alpha value is -2.45. The van der Waals surface area contributed by atoms with Gasteiger partial charge in [0.1, 0.15) is 5.84 Å². The van der Waals surface area contributed by atoms with Crippen LogP contribution in [0.25, 0.3) is 6.08 Å². The van der Waals surface area contributed by atoms with Crippen LogP contribution in [0.2, 0.25) is 0 Å². The maximum absolute atomic E-state index is 12.4. The Labute approximate surface area is 156 Å². The van der Waals surface area contributed by atoms with E-state index in [2.05, 4.69) is 9.71 Å². The fraction of sp³-hybridized carbons (Fsp3) is 0.222. The number of likely N-dealkylation sites (tertiary alicyclic amines) is 1. The molecule has 3 rings (SSSR count). The van der Waals surface area contributed by atoms with Crippen molar-refractivity contribution >= 4 is 44.9 Å². The molecular formula is C18H19N3O3S2. The van der Waals surface area contributed by atoms with Crippen LogP contribution < -0.4 is 5.32 Å². The van der Waals surface area contributed by atoms with Crippen LogP contribution in [0.5, 0.6) is 0 Å². The summed E-state index contributed by atoms with van der Waals surface area (Å²) in [6.07, 6.45) is 4.75. The number of hydrogen-bond donors (Lipinski definition) is 1. The van der Waals surface area contributed by atoms with Gasteiger partial charge in [-0.05, 0) is 48.2 Å². The van der Waals surface area contributed by atoms with Crippen molar-refractivity contribution in [3.63, 3.8) is 0 Å². The van der Waals surface area contributed by atoms with Gasteiger partial charge in [-0.25, -0.2) is 0 Å². The van der Waals surface area contributed by atoms with Gasteiger partial charge in [-0.2, -0.15) is 8.42 Å². The van der Waals surface area contributed by atoms with Crippen LogP contribution in [0.3, 0.4) is 0 Å². The van der Waals surface area contributed by atoms with Crippen molar-refractivity contribution in [2.45, 2.75) is 17.7 Å². The summed E-state index contributed by atoms with van der Waals surface area (Å²) in [7, 11) is -1.90. The Kier molecular flexibility index (Phi) is 5.53. The number of carbonyl (C=O) groups excluding carboxylic acids is 1. The molecule has 0 spiro atoms. The minimum absolute atomic E-state index is 0.109. The van der Waals surface area contributed by atoms with E-state index in [1.165, 1.54) is 29.5 Å². The molecule has 0 radical (unpaired) electrons. The van der Waals surface area contributed by atoms with Crippen molar-refractivity contribution in [2.24, 2.45) is 4.40 Å². The number of benzene rings is 1. The SMILES string of the molecule is CN1CCC/C1=N/S(=O)(=O)c1ccc(NC(=O)/C=C/c2cccs2)cc1. The third kappa shape index (κ3) is 4.59. The Balaban J connectivity index is 1.67. The van der Waals surface area contributed by atoms with E-state index in [0.717, 1.165) is 17.8 Å². The number of hydrogen-bond acceptors (Lipinski definition) is 4. The summed E-state index contributed by atoms with van der Waals surface area (Å²) in [5.41, 5.74) is 0.524. The van der Waals surface area contributed by atoms with Crippen LogP contribution in [-0.2, 0) is 14.8 Å². The van der Waals surface area contributed by atoms with Crippen molar-refractivity contribution in [1.82, 2.24) is 4.90 Å². The van der Waals surface area contributed by atoms with E-state index in [1.807, 2.05) is 29.5 Å². The zero-order valence-electron chi connectivity index (χ0n) is 14.3. The quantitative estimate of drug-likeness (QED) is 0.797. The Morgan fingerprint density at radius 3 is 2.65 bits per heavy atom. The van der Waals surface area contributed by atoms with Gasteiger partial charge >= 0.3 is 0 Å². The smallest absolute Gasteiger partial charge is 0.283 e. The molecule has 1 aromatic carbocycles. The highest BCUT2D eigenvalue weighted by atomic mass is 32.2. The van der Waals surface area contributed by atoms with Gasteiger partial charge in [-0.3, -0.25) is 4.79 Å². The summed E-state index contributed by atoms with van der Waals surface area (Å²) in [5, 5.41) is 4.64. The molecule has 0 saturated carbocycles. The first-order chi connectivity index (χ1) is 12.4. The van der Waals surface area contributed by atoms with Crippen LogP contribution >= 0.6 is 11.3 Å². The minimum atomic E-state index is -3.74. The van der Waals surface area contributed by atoms with Gasteiger partial charge < -0.3 is 10.2 Å². The molecule has 0 bridgehead atoms. The molecule has 0 aliphatic carbocycles. The van der Waals surface area contributed by atoms with E-state index in [9.17, 15) is 13.2 Å². The summed E-state index contributed by atoms with van der Waals surface area (Å²) >= 11 is 1.54. The predicted molar refractivity (Wildman–Crippen MR) is 105 cm³/mol. The van der Waals surface area contributed by atoms with Crippen molar-refractivity contribution in [1.29, 1.82) is 0 Å². The second-order valence-corrected chi connectivity index (χ2v) is 8.45. The maximum Gasteiger partial charge on any atom is 0.283 e. The molecule has 26 heavy (non-hydrogen) atoms. The van der Waals surface area contributed by atoms with Crippen molar-refractivity contribution in [3.05, 3.63) is 52.7 Å². The van der Waals surface area contributed by atoms with Gasteiger partial charge in [0, 0.05) is 36.7 Å². The number of sulfonamides is 1. The molecule has 1 amide bonds. The first-order valence-electron chi connectivity index (χ1n) is 8.12. The van der Waals surface area contributed by atoms with E-state index in [0.29, 0.717) is 17.9 Å². The lowest BCUT2D eigenvalue weighted by molar-refractivity contribution is -0.111. The normalized spacial score (nSPS) is 16.5. The van der Waals surface area contributed by atoms with E-state index in [4.69, 9.17) is 0 Å². The molecule has 8 heteroatoms. The van der Waals surface area contributed by atoms with E-state index in [1.54, 1.807) is 18.2 Å². The van der Waals surface area contributed by atoms with E-state index >= 15 is 0 Å². The fourth-order valence-corrected chi connectivity index (χ4v) is 4.25. The first-order valence-corrected chi connectivity index (χ1v) is 10.4. The lowest BCUT2D eigenvalue weighted by Crippen LogP contribution is -2.20. The summed E-state index contributed by atoms with van der Waals surface area (Å²) in [6, 6.07) is 9.84. The zero-order chi connectivity index (χ0) is 18.6. The summed E-state index contributed by atoms with van der Waals surface area (Å²) in [5.74, 6) is 0.308. The van der Waals surface area contributed by atoms with Gasteiger partial charge in [0.05, 0.1) is 4.90 Å². The first kappa shape index (κ1) is 18.3. The largest absolute Gasteiger partial charge is 0.362 e. The van der Waals surface area contributed by atoms with E-state index in [-0.39, 0.29) is 10.8 Å². The van der Waals surface area contributed by atoms with Crippen molar-refractivity contribution in [3.8, 4) is 0 Å². The van der Waals surface area contributed by atoms with Gasteiger partial charge in [-0.15, -0.1) is 15.7 Å². The third-order valence-corrected chi connectivity index (χ3v) is 6.08. The van der Waals surface area contributed by atoms with Crippen LogP contribution in [-0.4, -0.2) is 38.7 Å². The molecule has 1 aliphatic heterocycles. The molecule has 1 saturated heterocycles. The lowest BCUT2D eigenvalue weighted by atomic mass is 10.3. The molecule has 2 aromatic rings. The number of amides is 1. The van der Waals surface area contributed by atoms with Crippen molar-refractivity contribution < 1.29 is 13.2 Å². The lowest BCUT2D eigenvalue weighted by Gasteiger charge is -2.11. The second-order valence-electron chi connectivity index (χ2n) is 5.87. The molecule has 6 nitrogen and oxygen atoms in total. The summed E-state index contributed by atoms with van der Waals surface area (Å²) < 4.78 is 28.7.